The maximum atomic E-state index is 13.4. The van der Waals surface area contributed by atoms with Crippen LogP contribution in [0.25, 0.3) is 22.8 Å². The van der Waals surface area contributed by atoms with E-state index < -0.39 is 6.36 Å². The fourth-order valence-electron chi connectivity index (χ4n) is 4.31. The highest BCUT2D eigenvalue weighted by Gasteiger charge is 2.33. The van der Waals surface area contributed by atoms with Crippen molar-refractivity contribution in [3.8, 4) is 11.4 Å². The summed E-state index contributed by atoms with van der Waals surface area (Å²) in [7, 11) is 0. The average molecular weight is 534 g/mol. The van der Waals surface area contributed by atoms with Crippen LogP contribution in [-0.2, 0) is 4.79 Å². The Bertz CT molecular complexity index is 1360. The fraction of sp³-hybridized carbons (Fsp3) is 0.292. The van der Waals surface area contributed by atoms with E-state index in [2.05, 4.69) is 31.8 Å². The van der Waals surface area contributed by atoms with Crippen LogP contribution >= 0.6 is 24.0 Å². The van der Waals surface area contributed by atoms with Gasteiger partial charge in [-0.25, -0.2) is 4.98 Å². The first-order valence-electron chi connectivity index (χ1n) is 11.3. The number of rotatable bonds is 5. The van der Waals surface area contributed by atoms with Crippen LogP contribution in [0.15, 0.2) is 47.6 Å². The third-order valence-electron chi connectivity index (χ3n) is 6.12. The lowest BCUT2D eigenvalue weighted by atomic mass is 10.1. The maximum Gasteiger partial charge on any atom is 0.573 e. The number of carbonyl (C=O) groups is 1. The zero-order valence-electron chi connectivity index (χ0n) is 19.2. The molecule has 1 N–H and O–H groups in total. The molecule has 0 saturated carbocycles. The second-order valence-electron chi connectivity index (χ2n) is 8.34. The summed E-state index contributed by atoms with van der Waals surface area (Å²) < 4.78 is 46.6. The first kappa shape index (κ1) is 24.6. The Morgan fingerprint density at radius 1 is 1.17 bits per heavy atom. The number of ether oxygens (including phenoxy) is 1. The summed E-state index contributed by atoms with van der Waals surface area (Å²) in [5.74, 6) is -0.591. The van der Waals surface area contributed by atoms with Gasteiger partial charge in [0.1, 0.15) is 10.6 Å². The molecule has 12 heteroatoms. The number of hydrogen-bond donors (Lipinski definition) is 1. The molecule has 0 spiro atoms. The van der Waals surface area contributed by atoms with Crippen molar-refractivity contribution in [1.82, 2.24) is 19.8 Å². The molecular weight excluding hydrogens is 511 g/mol. The van der Waals surface area contributed by atoms with Crippen molar-refractivity contribution in [1.29, 1.82) is 0 Å². The van der Waals surface area contributed by atoms with Gasteiger partial charge in [-0.05, 0) is 42.4 Å². The summed E-state index contributed by atoms with van der Waals surface area (Å²) in [5.41, 5.74) is 2.74. The van der Waals surface area contributed by atoms with Crippen molar-refractivity contribution in [2.24, 2.45) is 0 Å². The van der Waals surface area contributed by atoms with Crippen LogP contribution in [-0.4, -0.2) is 63.8 Å². The molecule has 5 rings (SSSR count). The van der Waals surface area contributed by atoms with Crippen molar-refractivity contribution in [2.75, 3.05) is 37.6 Å². The van der Waals surface area contributed by atoms with Crippen molar-refractivity contribution in [3.63, 3.8) is 0 Å². The molecule has 0 atom stereocenters. The number of piperazine rings is 1. The van der Waals surface area contributed by atoms with Crippen LogP contribution < -0.4 is 15.0 Å². The van der Waals surface area contributed by atoms with Gasteiger partial charge in [-0.2, -0.15) is 0 Å². The third kappa shape index (κ3) is 5.20. The van der Waals surface area contributed by atoms with Crippen LogP contribution in [0.5, 0.6) is 5.75 Å². The molecule has 1 aromatic heterocycles. The minimum atomic E-state index is -4.86. The Morgan fingerprint density at radius 3 is 2.61 bits per heavy atom. The number of nitrogens with zero attached hydrogens (tertiary/aromatic N) is 4. The number of thioether (sulfide) groups is 1. The molecule has 3 heterocycles. The lowest BCUT2D eigenvalue weighted by Crippen LogP contribution is -2.46. The molecule has 2 saturated heterocycles. The molecule has 0 radical (unpaired) electrons. The number of likely N-dealkylation sites (N-methyl/N-ethyl adjacent to an activating group) is 1. The van der Waals surface area contributed by atoms with E-state index in [-0.39, 0.29) is 17.3 Å². The lowest BCUT2D eigenvalue weighted by Gasteiger charge is -2.35. The van der Waals surface area contributed by atoms with Gasteiger partial charge in [0.15, 0.2) is 5.75 Å². The van der Waals surface area contributed by atoms with Gasteiger partial charge < -0.3 is 19.9 Å². The van der Waals surface area contributed by atoms with Gasteiger partial charge in [0.25, 0.3) is 5.91 Å². The molecule has 1 amide bonds. The predicted molar refractivity (Wildman–Crippen MR) is 138 cm³/mol. The molecular formula is C24H22F3N5O2S2. The van der Waals surface area contributed by atoms with E-state index >= 15 is 0 Å². The van der Waals surface area contributed by atoms with E-state index in [1.807, 2.05) is 0 Å². The lowest BCUT2D eigenvalue weighted by molar-refractivity contribution is -0.274. The van der Waals surface area contributed by atoms with Crippen LogP contribution in [0.4, 0.5) is 18.9 Å². The highest BCUT2D eigenvalue weighted by atomic mass is 32.2. The molecule has 36 heavy (non-hydrogen) atoms. The highest BCUT2D eigenvalue weighted by Crippen LogP contribution is 2.35. The molecule has 0 unspecified atom stereocenters. The number of aromatic nitrogens is 2. The van der Waals surface area contributed by atoms with Crippen LogP contribution in [0, 0.1) is 0 Å². The molecule has 188 valence electrons. The van der Waals surface area contributed by atoms with Crippen LogP contribution in [0.1, 0.15) is 12.5 Å². The quantitative estimate of drug-likeness (QED) is 0.381. The van der Waals surface area contributed by atoms with Gasteiger partial charge in [0.2, 0.25) is 0 Å². The Morgan fingerprint density at radius 2 is 1.94 bits per heavy atom. The Hall–Kier alpha value is -3.09. The number of fused-ring (bicyclic) bond motifs is 1. The first-order valence-corrected chi connectivity index (χ1v) is 12.5. The zero-order valence-corrected chi connectivity index (χ0v) is 20.8. The molecule has 2 fully saturated rings. The Kier molecular flexibility index (Phi) is 6.66. The maximum absolute atomic E-state index is 13.4. The molecule has 2 aromatic carbocycles. The number of alkyl halides is 3. The second kappa shape index (κ2) is 9.75. The van der Waals surface area contributed by atoms with Crippen molar-refractivity contribution in [2.45, 2.75) is 13.3 Å². The number of carbonyl (C=O) groups excluding carboxylic acids is 1. The summed E-state index contributed by atoms with van der Waals surface area (Å²) in [4.78, 5) is 21.2. The van der Waals surface area contributed by atoms with Gasteiger partial charge in [0, 0.05) is 37.9 Å². The minimum Gasteiger partial charge on any atom is -0.403 e. The van der Waals surface area contributed by atoms with Gasteiger partial charge >= 0.3 is 6.36 Å². The van der Waals surface area contributed by atoms with Crippen LogP contribution in [0.3, 0.4) is 0 Å². The van der Waals surface area contributed by atoms with Crippen molar-refractivity contribution in [3.05, 3.63) is 53.2 Å². The van der Waals surface area contributed by atoms with Crippen LogP contribution in [0.2, 0.25) is 0 Å². The molecule has 0 bridgehead atoms. The van der Waals surface area contributed by atoms with E-state index in [0.29, 0.717) is 31.5 Å². The molecule has 7 nitrogen and oxygen atoms in total. The van der Waals surface area contributed by atoms with E-state index in [4.69, 9.17) is 12.2 Å². The standard InChI is InChI=1S/C24H22F3N5O2S2/c1-2-30-7-9-31(10-8-30)16-4-6-18(20(13-16)34-24(25,26)27)32-14-28-17-5-3-15(11-19(17)32)12-21-22(33)29-23(35)36-21/h3-6,11-14H,2,7-10H2,1H3,(H,29,33,35)/b21-12-. The number of imidazole rings is 1. The van der Waals surface area contributed by atoms with E-state index in [0.717, 1.165) is 44.5 Å². The number of anilines is 1. The van der Waals surface area contributed by atoms with Gasteiger partial charge in [-0.15, -0.1) is 13.2 Å². The number of thiocarbonyl (C=S) groups is 1. The zero-order chi connectivity index (χ0) is 25.4. The van der Waals surface area contributed by atoms with E-state index in [9.17, 15) is 18.0 Å². The summed E-state index contributed by atoms with van der Waals surface area (Å²) >= 11 is 6.19. The third-order valence-corrected chi connectivity index (χ3v) is 7.29. The van der Waals surface area contributed by atoms with Crippen molar-refractivity contribution < 1.29 is 22.7 Å². The van der Waals surface area contributed by atoms with Gasteiger partial charge in [-0.1, -0.05) is 37.0 Å². The fourth-order valence-corrected chi connectivity index (χ4v) is 5.35. The Labute approximate surface area is 214 Å². The van der Waals surface area contributed by atoms with E-state index in [1.54, 1.807) is 41.0 Å². The smallest absolute Gasteiger partial charge is 0.403 e. The largest absolute Gasteiger partial charge is 0.573 e. The van der Waals surface area contributed by atoms with Crippen molar-refractivity contribution >= 4 is 57.0 Å². The average Bonchev–Trinajstić information content (AvgIpc) is 3.39. The number of halogens is 3. The number of amides is 1. The first-order chi connectivity index (χ1) is 17.2. The summed E-state index contributed by atoms with van der Waals surface area (Å²) in [5, 5.41) is 2.56. The SMILES string of the molecule is CCN1CCN(c2ccc(-n3cnc4ccc(/C=C5\SC(=S)NC5=O)cc43)c(OC(F)(F)F)c2)CC1. The summed E-state index contributed by atoms with van der Waals surface area (Å²) in [6.45, 7) is 6.17. The monoisotopic (exact) mass is 533 g/mol. The summed E-state index contributed by atoms with van der Waals surface area (Å²) in [6, 6.07) is 10.2. The summed E-state index contributed by atoms with van der Waals surface area (Å²) in [6.07, 6.45) is -1.71. The van der Waals surface area contributed by atoms with Gasteiger partial charge in [-0.3, -0.25) is 9.36 Å². The Balaban J connectivity index is 1.53. The second-order valence-corrected chi connectivity index (χ2v) is 10.1. The normalized spacial score (nSPS) is 18.3. The molecule has 3 aromatic rings. The number of benzene rings is 2. The molecule has 2 aliphatic heterocycles. The number of nitrogens with one attached hydrogen (secondary N) is 1. The molecule has 2 aliphatic rings. The van der Waals surface area contributed by atoms with E-state index in [1.165, 1.54) is 12.4 Å². The van der Waals surface area contributed by atoms with Gasteiger partial charge in [0.05, 0.1) is 21.6 Å². The number of hydrogen-bond acceptors (Lipinski definition) is 7. The predicted octanol–water partition coefficient (Wildman–Crippen LogP) is 4.55. The highest BCUT2D eigenvalue weighted by molar-refractivity contribution is 8.26. The molecule has 0 aliphatic carbocycles. The minimum absolute atomic E-state index is 0.213. The topological polar surface area (TPSA) is 62.6 Å².